The van der Waals surface area contributed by atoms with Crippen LogP contribution in [-0.2, 0) is 11.3 Å². The number of likely N-dealkylation sites (N-methyl/N-ethyl adjacent to an activating group) is 1. The second-order valence-electron chi connectivity index (χ2n) is 4.51. The highest BCUT2D eigenvalue weighted by Gasteiger charge is 2.24. The van der Waals surface area contributed by atoms with Crippen molar-refractivity contribution in [2.45, 2.75) is 19.5 Å². The van der Waals surface area contributed by atoms with E-state index < -0.39 is 11.9 Å². The zero-order valence-electron chi connectivity index (χ0n) is 11.2. The van der Waals surface area contributed by atoms with E-state index in [-0.39, 0.29) is 0 Å². The van der Waals surface area contributed by atoms with Gasteiger partial charge in [-0.25, -0.2) is 0 Å². The van der Waals surface area contributed by atoms with Crippen molar-refractivity contribution >= 4 is 21.8 Å². The van der Waals surface area contributed by atoms with Crippen molar-refractivity contribution in [3.05, 3.63) is 46.0 Å². The average molecular weight is 339 g/mol. The summed E-state index contributed by atoms with van der Waals surface area (Å²) < 4.78 is 5.95. The number of halogens is 1. The summed E-state index contributed by atoms with van der Waals surface area (Å²) >= 11 is 3.39. The molecule has 1 amide bonds. The third-order valence-electron chi connectivity index (χ3n) is 2.83. The van der Waals surface area contributed by atoms with Gasteiger partial charge in [0.15, 0.2) is 5.82 Å². The fraction of sp³-hybridized carbons (Fsp3) is 0.308. The molecule has 0 spiro atoms. The highest BCUT2D eigenvalue weighted by Crippen LogP contribution is 2.23. The van der Waals surface area contributed by atoms with Crippen molar-refractivity contribution in [2.24, 2.45) is 5.73 Å². The molecule has 6 nitrogen and oxygen atoms in total. The lowest BCUT2D eigenvalue weighted by molar-refractivity contribution is -0.123. The van der Waals surface area contributed by atoms with E-state index in [1.807, 2.05) is 24.3 Å². The average Bonchev–Trinajstić information content (AvgIpc) is 2.74. The molecular weight excluding hydrogens is 324 g/mol. The van der Waals surface area contributed by atoms with E-state index in [1.165, 1.54) is 0 Å². The molecule has 2 aromatic rings. The van der Waals surface area contributed by atoms with Gasteiger partial charge in [-0.1, -0.05) is 33.2 Å². The third kappa shape index (κ3) is 3.43. The first-order chi connectivity index (χ1) is 9.47. The molecule has 0 unspecified atom stereocenters. The molecule has 0 aliphatic carbocycles. The number of nitrogens with zero attached hydrogens (tertiary/aromatic N) is 3. The zero-order valence-corrected chi connectivity index (χ0v) is 12.8. The van der Waals surface area contributed by atoms with Crippen molar-refractivity contribution in [3.63, 3.8) is 0 Å². The lowest BCUT2D eigenvalue weighted by atomic mass is 10.1. The van der Waals surface area contributed by atoms with Gasteiger partial charge in [-0.15, -0.1) is 0 Å². The van der Waals surface area contributed by atoms with Crippen LogP contribution in [0, 0.1) is 6.92 Å². The number of benzene rings is 1. The van der Waals surface area contributed by atoms with Crippen LogP contribution in [0.4, 0.5) is 0 Å². The highest BCUT2D eigenvalue weighted by atomic mass is 79.9. The smallest absolute Gasteiger partial charge is 0.240 e. The Morgan fingerprint density at radius 1 is 1.55 bits per heavy atom. The maximum absolute atomic E-state index is 11.7. The Morgan fingerprint density at radius 3 is 2.85 bits per heavy atom. The largest absolute Gasteiger partial charge is 0.368 e. The minimum absolute atomic E-state index is 0.348. The number of primary amides is 1. The molecule has 0 saturated heterocycles. The van der Waals surface area contributed by atoms with Gasteiger partial charge in [-0.2, -0.15) is 4.98 Å². The zero-order chi connectivity index (χ0) is 14.7. The van der Waals surface area contributed by atoms with E-state index in [0.29, 0.717) is 18.3 Å². The first-order valence-corrected chi connectivity index (χ1v) is 6.81. The Kier molecular flexibility index (Phi) is 4.51. The third-order valence-corrected chi connectivity index (χ3v) is 3.32. The van der Waals surface area contributed by atoms with E-state index >= 15 is 0 Å². The summed E-state index contributed by atoms with van der Waals surface area (Å²) in [6.07, 6.45) is 0. The number of carbonyl (C=O) groups excluding carboxylic acids is 1. The van der Waals surface area contributed by atoms with Crippen LogP contribution in [0.5, 0.6) is 0 Å². The van der Waals surface area contributed by atoms with Gasteiger partial charge >= 0.3 is 0 Å². The standard InChI is InChI=1S/C13H15BrN4O2/c1-8-16-11(20-17-8)7-18(2)12(13(15)19)9-4-3-5-10(14)6-9/h3-6,12H,7H2,1-2H3,(H2,15,19)/t12-/m1/s1. The maximum atomic E-state index is 11.7. The van der Waals surface area contributed by atoms with Gasteiger partial charge in [0, 0.05) is 4.47 Å². The van der Waals surface area contributed by atoms with Gasteiger partial charge in [0.2, 0.25) is 11.8 Å². The Bertz CT molecular complexity index is 614. The molecule has 2 rings (SSSR count). The minimum Gasteiger partial charge on any atom is -0.368 e. The van der Waals surface area contributed by atoms with Crippen LogP contribution in [0.25, 0.3) is 0 Å². The van der Waals surface area contributed by atoms with E-state index in [1.54, 1.807) is 18.9 Å². The van der Waals surface area contributed by atoms with E-state index in [9.17, 15) is 4.79 Å². The SMILES string of the molecule is Cc1noc(CN(C)[C@@H](C(N)=O)c2cccc(Br)c2)n1. The number of aryl methyl sites for hydroxylation is 1. The van der Waals surface area contributed by atoms with Crippen LogP contribution in [0.2, 0.25) is 0 Å². The Balaban J connectivity index is 2.22. The van der Waals surface area contributed by atoms with Gasteiger partial charge in [-0.05, 0) is 31.7 Å². The summed E-state index contributed by atoms with van der Waals surface area (Å²) in [4.78, 5) is 17.6. The Hall–Kier alpha value is -1.73. The summed E-state index contributed by atoms with van der Waals surface area (Å²) in [5.41, 5.74) is 6.33. The summed E-state index contributed by atoms with van der Waals surface area (Å²) in [6, 6.07) is 6.92. The van der Waals surface area contributed by atoms with E-state index in [0.717, 1.165) is 10.0 Å². The number of nitrogens with two attached hydrogens (primary N) is 1. The molecule has 0 aliphatic heterocycles. The number of amides is 1. The first-order valence-electron chi connectivity index (χ1n) is 6.01. The molecule has 1 aromatic carbocycles. The Labute approximate surface area is 125 Å². The van der Waals surface area contributed by atoms with Gasteiger partial charge in [0.1, 0.15) is 6.04 Å². The van der Waals surface area contributed by atoms with Crippen LogP contribution >= 0.6 is 15.9 Å². The van der Waals surface area contributed by atoms with Crippen LogP contribution in [0.3, 0.4) is 0 Å². The van der Waals surface area contributed by atoms with E-state index in [2.05, 4.69) is 26.1 Å². The monoisotopic (exact) mass is 338 g/mol. The molecule has 0 aliphatic rings. The number of aromatic nitrogens is 2. The molecule has 1 heterocycles. The molecule has 7 heteroatoms. The second kappa shape index (κ2) is 6.15. The molecule has 1 atom stereocenters. The molecule has 0 bridgehead atoms. The van der Waals surface area contributed by atoms with Crippen molar-refractivity contribution in [2.75, 3.05) is 7.05 Å². The minimum atomic E-state index is -0.556. The Morgan fingerprint density at radius 2 is 2.30 bits per heavy atom. The summed E-state index contributed by atoms with van der Waals surface area (Å²) in [6.45, 7) is 2.09. The molecule has 2 N–H and O–H groups in total. The number of rotatable bonds is 5. The lowest BCUT2D eigenvalue weighted by Crippen LogP contribution is -2.35. The molecule has 106 valence electrons. The van der Waals surface area contributed by atoms with Crippen molar-refractivity contribution in [3.8, 4) is 0 Å². The molecule has 0 fully saturated rings. The fourth-order valence-electron chi connectivity index (χ4n) is 2.02. The molecule has 0 radical (unpaired) electrons. The quantitative estimate of drug-likeness (QED) is 0.898. The van der Waals surface area contributed by atoms with Crippen molar-refractivity contribution in [1.82, 2.24) is 15.0 Å². The number of hydrogen-bond donors (Lipinski definition) is 1. The van der Waals surface area contributed by atoms with Crippen LogP contribution in [0.1, 0.15) is 23.3 Å². The van der Waals surface area contributed by atoms with Crippen molar-refractivity contribution in [1.29, 1.82) is 0 Å². The predicted octanol–water partition coefficient (Wildman–Crippen LogP) is 1.80. The fourth-order valence-corrected chi connectivity index (χ4v) is 2.44. The van der Waals surface area contributed by atoms with E-state index in [4.69, 9.17) is 10.3 Å². The normalized spacial score (nSPS) is 12.6. The predicted molar refractivity (Wildman–Crippen MR) is 76.6 cm³/mol. The summed E-state index contributed by atoms with van der Waals surface area (Å²) in [5.74, 6) is 0.583. The first kappa shape index (κ1) is 14.7. The molecule has 20 heavy (non-hydrogen) atoms. The van der Waals surface area contributed by atoms with Gasteiger partial charge in [0.05, 0.1) is 6.54 Å². The van der Waals surface area contributed by atoms with Gasteiger partial charge < -0.3 is 10.3 Å². The highest BCUT2D eigenvalue weighted by molar-refractivity contribution is 9.10. The van der Waals surface area contributed by atoms with Gasteiger partial charge in [-0.3, -0.25) is 9.69 Å². The van der Waals surface area contributed by atoms with Crippen LogP contribution < -0.4 is 5.73 Å². The van der Waals surface area contributed by atoms with Crippen molar-refractivity contribution < 1.29 is 9.32 Å². The maximum Gasteiger partial charge on any atom is 0.240 e. The molecule has 1 aromatic heterocycles. The summed E-state index contributed by atoms with van der Waals surface area (Å²) in [5, 5.41) is 3.72. The number of carbonyl (C=O) groups is 1. The van der Waals surface area contributed by atoms with Gasteiger partial charge in [0.25, 0.3) is 0 Å². The lowest BCUT2D eigenvalue weighted by Gasteiger charge is -2.24. The molecular formula is C13H15BrN4O2. The van der Waals surface area contributed by atoms with Crippen LogP contribution in [0.15, 0.2) is 33.3 Å². The topological polar surface area (TPSA) is 85.3 Å². The second-order valence-corrected chi connectivity index (χ2v) is 5.43. The van der Waals surface area contributed by atoms with Crippen LogP contribution in [-0.4, -0.2) is 28.0 Å². The number of hydrogen-bond acceptors (Lipinski definition) is 5. The summed E-state index contributed by atoms with van der Waals surface area (Å²) in [7, 11) is 1.79. The molecule has 0 saturated carbocycles.